The zero-order valence-electron chi connectivity index (χ0n) is 15.3. The normalized spacial score (nSPS) is 22.7. The van der Waals surface area contributed by atoms with E-state index in [2.05, 4.69) is 5.32 Å². The molecule has 0 bridgehead atoms. The number of nitriles is 1. The molecule has 2 heterocycles. The molecule has 148 valence electrons. The number of amides is 2. The predicted molar refractivity (Wildman–Crippen MR) is 98.2 cm³/mol. The number of anilines is 2. The van der Waals surface area contributed by atoms with Gasteiger partial charge in [0.15, 0.2) is 0 Å². The van der Waals surface area contributed by atoms with Crippen LogP contribution in [-0.4, -0.2) is 50.2 Å². The Morgan fingerprint density at radius 3 is 2.68 bits per heavy atom. The van der Waals surface area contributed by atoms with E-state index in [-0.39, 0.29) is 24.4 Å². The standard InChI is InChI=1S/C19H20F2N4O3/c1-13(26)23-10-17-11-25(18(27)28-17)16-4-2-15(3-5-16)24-9-7-14(6-8-22)19(20,21)12-24/h2-6,17H,7,9-12H2,1H3,(H,23,26)/t17-/m0/s1. The van der Waals surface area contributed by atoms with Crippen LogP contribution < -0.4 is 15.1 Å². The predicted octanol–water partition coefficient (Wildman–Crippen LogP) is 2.44. The van der Waals surface area contributed by atoms with Gasteiger partial charge in [-0.1, -0.05) is 0 Å². The summed E-state index contributed by atoms with van der Waals surface area (Å²) in [6, 6.07) is 8.39. The van der Waals surface area contributed by atoms with E-state index in [1.807, 2.05) is 0 Å². The monoisotopic (exact) mass is 390 g/mol. The smallest absolute Gasteiger partial charge is 0.414 e. The van der Waals surface area contributed by atoms with Crippen molar-refractivity contribution in [1.82, 2.24) is 5.32 Å². The lowest BCUT2D eigenvalue weighted by Gasteiger charge is -2.35. The SMILES string of the molecule is CC(=O)NC[C@H]1CN(c2ccc(N3CCC(=CC#N)C(F)(F)C3)cc2)C(=O)O1. The average Bonchev–Trinajstić information content (AvgIpc) is 3.02. The number of rotatable bonds is 4. The fourth-order valence-electron chi connectivity index (χ4n) is 3.27. The first-order valence-electron chi connectivity index (χ1n) is 8.85. The van der Waals surface area contributed by atoms with Gasteiger partial charge < -0.3 is 15.0 Å². The highest BCUT2D eigenvalue weighted by Gasteiger charge is 2.40. The number of piperidine rings is 1. The minimum atomic E-state index is -3.05. The minimum absolute atomic E-state index is 0.117. The fourth-order valence-corrected chi connectivity index (χ4v) is 3.27. The zero-order valence-corrected chi connectivity index (χ0v) is 15.3. The number of benzene rings is 1. The Kier molecular flexibility index (Phi) is 5.49. The van der Waals surface area contributed by atoms with Crippen molar-refractivity contribution in [2.75, 3.05) is 36.0 Å². The lowest BCUT2D eigenvalue weighted by atomic mass is 9.99. The van der Waals surface area contributed by atoms with Gasteiger partial charge >= 0.3 is 6.09 Å². The third kappa shape index (κ3) is 4.22. The second-order valence-electron chi connectivity index (χ2n) is 6.74. The van der Waals surface area contributed by atoms with E-state index < -0.39 is 24.7 Å². The molecule has 0 saturated carbocycles. The maximum Gasteiger partial charge on any atom is 0.414 e. The summed E-state index contributed by atoms with van der Waals surface area (Å²) in [7, 11) is 0. The van der Waals surface area contributed by atoms with Crippen molar-refractivity contribution < 1.29 is 23.1 Å². The Morgan fingerprint density at radius 2 is 2.07 bits per heavy atom. The molecule has 9 heteroatoms. The summed E-state index contributed by atoms with van der Waals surface area (Å²) in [6.07, 6.45) is 0.0867. The number of carbonyl (C=O) groups excluding carboxylic acids is 2. The molecule has 2 saturated heterocycles. The van der Waals surface area contributed by atoms with E-state index in [1.54, 1.807) is 35.2 Å². The van der Waals surface area contributed by atoms with Gasteiger partial charge in [-0.3, -0.25) is 9.69 Å². The maximum absolute atomic E-state index is 14.2. The highest BCUT2D eigenvalue weighted by molar-refractivity contribution is 5.90. The topological polar surface area (TPSA) is 85.7 Å². The lowest BCUT2D eigenvalue weighted by molar-refractivity contribution is -0.119. The molecule has 1 atom stereocenters. The van der Waals surface area contributed by atoms with E-state index in [9.17, 15) is 18.4 Å². The van der Waals surface area contributed by atoms with Crippen molar-refractivity contribution in [3.8, 4) is 6.07 Å². The first-order chi connectivity index (χ1) is 13.3. The van der Waals surface area contributed by atoms with Crippen molar-refractivity contribution in [1.29, 1.82) is 5.26 Å². The number of nitrogens with one attached hydrogen (secondary N) is 1. The molecule has 1 N–H and O–H groups in total. The van der Waals surface area contributed by atoms with Crippen molar-refractivity contribution >= 4 is 23.4 Å². The van der Waals surface area contributed by atoms with Gasteiger partial charge in [0, 0.05) is 36.5 Å². The summed E-state index contributed by atoms with van der Waals surface area (Å²) in [6.45, 7) is 1.80. The van der Waals surface area contributed by atoms with Crippen LogP contribution in [0.3, 0.4) is 0 Å². The van der Waals surface area contributed by atoms with Gasteiger partial charge in [0.2, 0.25) is 5.91 Å². The number of halogens is 2. The number of ether oxygens (including phenoxy) is 1. The molecule has 1 aromatic carbocycles. The Bertz CT molecular complexity index is 833. The lowest BCUT2D eigenvalue weighted by Crippen LogP contribution is -2.44. The quantitative estimate of drug-likeness (QED) is 0.798. The number of hydrogen-bond acceptors (Lipinski definition) is 5. The van der Waals surface area contributed by atoms with Gasteiger partial charge in [0.25, 0.3) is 5.92 Å². The van der Waals surface area contributed by atoms with Crippen molar-refractivity contribution in [2.45, 2.75) is 25.4 Å². The summed E-state index contributed by atoms with van der Waals surface area (Å²) in [5, 5.41) is 11.2. The first-order valence-corrected chi connectivity index (χ1v) is 8.85. The number of nitrogens with zero attached hydrogens (tertiary/aromatic N) is 3. The largest absolute Gasteiger partial charge is 0.442 e. The first kappa shape index (κ1) is 19.6. The van der Waals surface area contributed by atoms with Gasteiger partial charge in [-0.25, -0.2) is 4.79 Å². The summed E-state index contributed by atoms with van der Waals surface area (Å²) in [5.41, 5.74) is 1.06. The Hall–Kier alpha value is -3.15. The zero-order chi connectivity index (χ0) is 20.3. The maximum atomic E-state index is 14.2. The van der Waals surface area contributed by atoms with Crippen LogP contribution in [-0.2, 0) is 9.53 Å². The molecule has 2 fully saturated rings. The number of carbonyl (C=O) groups is 2. The molecule has 2 amide bonds. The molecule has 0 aromatic heterocycles. The molecule has 0 unspecified atom stereocenters. The van der Waals surface area contributed by atoms with Gasteiger partial charge in [0.1, 0.15) is 6.10 Å². The van der Waals surface area contributed by atoms with Crippen LogP contribution in [0, 0.1) is 11.3 Å². The molecule has 3 rings (SSSR count). The third-order valence-corrected chi connectivity index (χ3v) is 4.73. The molecule has 7 nitrogen and oxygen atoms in total. The summed E-state index contributed by atoms with van der Waals surface area (Å²) < 4.78 is 33.6. The summed E-state index contributed by atoms with van der Waals surface area (Å²) >= 11 is 0. The summed E-state index contributed by atoms with van der Waals surface area (Å²) in [4.78, 5) is 26.0. The van der Waals surface area contributed by atoms with Crippen molar-refractivity contribution in [2.24, 2.45) is 0 Å². The second-order valence-corrected chi connectivity index (χ2v) is 6.74. The molecule has 2 aliphatic heterocycles. The number of cyclic esters (lactones) is 1. The molecule has 0 aliphatic carbocycles. The second kappa shape index (κ2) is 7.84. The van der Waals surface area contributed by atoms with E-state index in [4.69, 9.17) is 10.00 Å². The minimum Gasteiger partial charge on any atom is -0.442 e. The molecule has 1 aromatic rings. The van der Waals surface area contributed by atoms with Crippen LogP contribution >= 0.6 is 0 Å². The fraction of sp³-hybridized carbons (Fsp3) is 0.421. The van der Waals surface area contributed by atoms with Gasteiger partial charge in [-0.05, 0) is 30.7 Å². The Balaban J connectivity index is 1.66. The van der Waals surface area contributed by atoms with Gasteiger partial charge in [-0.15, -0.1) is 0 Å². The van der Waals surface area contributed by atoms with Crippen molar-refractivity contribution in [3.63, 3.8) is 0 Å². The summed E-state index contributed by atoms with van der Waals surface area (Å²) in [5.74, 6) is -3.26. The number of alkyl halides is 2. The average molecular weight is 390 g/mol. The molecule has 0 radical (unpaired) electrons. The number of allylic oxidation sites excluding steroid dienone is 1. The molecule has 0 spiro atoms. The van der Waals surface area contributed by atoms with E-state index in [0.29, 0.717) is 24.5 Å². The molecular formula is C19H20F2N4O3. The molecular weight excluding hydrogens is 370 g/mol. The van der Waals surface area contributed by atoms with Crippen LogP contribution in [0.15, 0.2) is 35.9 Å². The van der Waals surface area contributed by atoms with Crippen LogP contribution in [0.2, 0.25) is 0 Å². The highest BCUT2D eigenvalue weighted by atomic mass is 19.3. The van der Waals surface area contributed by atoms with Gasteiger partial charge in [0.05, 0.1) is 25.7 Å². The van der Waals surface area contributed by atoms with E-state index >= 15 is 0 Å². The van der Waals surface area contributed by atoms with Crippen LogP contribution in [0.1, 0.15) is 13.3 Å². The van der Waals surface area contributed by atoms with E-state index in [0.717, 1.165) is 6.08 Å². The Labute approximate surface area is 161 Å². The number of hydrogen-bond donors (Lipinski definition) is 1. The van der Waals surface area contributed by atoms with Crippen LogP contribution in [0.25, 0.3) is 0 Å². The Morgan fingerprint density at radius 1 is 1.39 bits per heavy atom. The van der Waals surface area contributed by atoms with Crippen LogP contribution in [0.5, 0.6) is 0 Å². The molecule has 2 aliphatic rings. The van der Waals surface area contributed by atoms with Gasteiger partial charge in [-0.2, -0.15) is 14.0 Å². The van der Waals surface area contributed by atoms with Crippen LogP contribution in [0.4, 0.5) is 25.0 Å². The molecule has 28 heavy (non-hydrogen) atoms. The van der Waals surface area contributed by atoms with E-state index in [1.165, 1.54) is 11.8 Å². The highest BCUT2D eigenvalue weighted by Crippen LogP contribution is 2.35. The van der Waals surface area contributed by atoms with Crippen molar-refractivity contribution in [3.05, 3.63) is 35.9 Å². The third-order valence-electron chi connectivity index (χ3n) is 4.73.